The van der Waals surface area contributed by atoms with E-state index in [4.69, 9.17) is 9.68 Å². The van der Waals surface area contributed by atoms with Gasteiger partial charge in [0.05, 0.1) is 6.54 Å². The second-order valence-corrected chi connectivity index (χ2v) is 4.17. The van der Waals surface area contributed by atoms with E-state index in [2.05, 4.69) is 5.32 Å². The first-order valence-corrected chi connectivity index (χ1v) is 5.66. The van der Waals surface area contributed by atoms with Crippen LogP contribution in [0.1, 0.15) is 37.2 Å². The molecule has 1 aromatic rings. The van der Waals surface area contributed by atoms with Crippen molar-refractivity contribution < 1.29 is 8.81 Å². The molecule has 1 aliphatic rings. The quantitative estimate of drug-likeness (QED) is 0.854. The summed E-state index contributed by atoms with van der Waals surface area (Å²) in [5.41, 5.74) is 0. The molecule has 3 nitrogen and oxygen atoms in total. The topological polar surface area (TPSA) is 49.0 Å². The summed E-state index contributed by atoms with van der Waals surface area (Å²) >= 11 is 0. The minimum Gasteiger partial charge on any atom is -0.449 e. The Kier molecular flexibility index (Phi) is 3.58. The molecule has 0 radical (unpaired) electrons. The molecule has 1 heterocycles. The molecule has 0 unspecified atom stereocenters. The molecule has 0 amide bonds. The molecule has 0 bridgehead atoms. The Morgan fingerprint density at radius 1 is 1.44 bits per heavy atom. The third-order valence-electron chi connectivity index (χ3n) is 2.99. The minimum absolute atomic E-state index is 0.0654. The molecule has 16 heavy (non-hydrogen) atoms. The molecule has 1 saturated carbocycles. The molecule has 4 heteroatoms. The van der Waals surface area contributed by atoms with Gasteiger partial charge in [0.15, 0.2) is 0 Å². The molecule has 2 rings (SSSR count). The molecule has 0 aliphatic heterocycles. The van der Waals surface area contributed by atoms with Crippen molar-refractivity contribution >= 4 is 0 Å². The molecular formula is C12H15FN2O. The van der Waals surface area contributed by atoms with Crippen LogP contribution < -0.4 is 5.32 Å². The van der Waals surface area contributed by atoms with Crippen molar-refractivity contribution in [3.05, 3.63) is 23.7 Å². The predicted molar refractivity (Wildman–Crippen MR) is 57.4 cm³/mol. The van der Waals surface area contributed by atoms with Gasteiger partial charge in [-0.2, -0.15) is 5.26 Å². The fourth-order valence-corrected chi connectivity index (χ4v) is 2.08. The number of alkyl halides is 1. The molecule has 2 atom stereocenters. The van der Waals surface area contributed by atoms with E-state index in [1.54, 1.807) is 12.1 Å². The highest BCUT2D eigenvalue weighted by atomic mass is 19.1. The lowest BCUT2D eigenvalue weighted by Gasteiger charge is -2.26. The van der Waals surface area contributed by atoms with Crippen LogP contribution in [0.4, 0.5) is 4.39 Å². The van der Waals surface area contributed by atoms with Gasteiger partial charge in [0.2, 0.25) is 5.76 Å². The summed E-state index contributed by atoms with van der Waals surface area (Å²) in [6.07, 6.45) is 2.85. The monoisotopic (exact) mass is 222 g/mol. The molecule has 1 aliphatic carbocycles. The zero-order valence-electron chi connectivity index (χ0n) is 9.08. The summed E-state index contributed by atoms with van der Waals surface area (Å²) in [6, 6.07) is 5.24. The van der Waals surface area contributed by atoms with Crippen molar-refractivity contribution in [1.29, 1.82) is 5.26 Å². The number of nitrogens with zero attached hydrogens (tertiary/aromatic N) is 1. The largest absolute Gasteiger partial charge is 0.449 e. The maximum Gasteiger partial charge on any atom is 0.203 e. The van der Waals surface area contributed by atoms with Crippen LogP contribution in [0.3, 0.4) is 0 Å². The number of nitrogens with one attached hydrogen (secondary N) is 1. The lowest BCUT2D eigenvalue weighted by Crippen LogP contribution is -2.39. The highest BCUT2D eigenvalue weighted by Gasteiger charge is 2.24. The summed E-state index contributed by atoms with van der Waals surface area (Å²) < 4.78 is 18.7. The van der Waals surface area contributed by atoms with Gasteiger partial charge in [-0.25, -0.2) is 4.39 Å². The smallest absolute Gasteiger partial charge is 0.203 e. The van der Waals surface area contributed by atoms with Gasteiger partial charge in [-0.15, -0.1) is 0 Å². The van der Waals surface area contributed by atoms with E-state index in [-0.39, 0.29) is 6.04 Å². The third-order valence-corrected chi connectivity index (χ3v) is 2.99. The van der Waals surface area contributed by atoms with E-state index in [0.717, 1.165) is 19.3 Å². The highest BCUT2D eigenvalue weighted by Crippen LogP contribution is 2.21. The Balaban J connectivity index is 1.84. The van der Waals surface area contributed by atoms with Gasteiger partial charge < -0.3 is 9.73 Å². The number of nitriles is 1. The molecule has 1 aromatic heterocycles. The Labute approximate surface area is 94.2 Å². The van der Waals surface area contributed by atoms with Crippen molar-refractivity contribution in [3.8, 4) is 6.07 Å². The third kappa shape index (κ3) is 2.61. The average molecular weight is 222 g/mol. The SMILES string of the molecule is N#Cc1ccc(CN[C@@H]2CCCC[C@H]2F)o1. The standard InChI is InChI=1S/C12H15FN2O/c13-11-3-1-2-4-12(11)15-8-10-6-5-9(7-14)16-10/h5-6,11-12,15H,1-4,8H2/t11-,12-/m1/s1. The van der Waals surface area contributed by atoms with Crippen molar-refractivity contribution in [1.82, 2.24) is 5.32 Å². The number of hydrogen-bond donors (Lipinski definition) is 1. The second kappa shape index (κ2) is 5.13. The molecule has 0 aromatic carbocycles. The summed E-state index contributed by atoms with van der Waals surface area (Å²) in [7, 11) is 0. The first-order valence-electron chi connectivity index (χ1n) is 5.66. The van der Waals surface area contributed by atoms with Crippen LogP contribution in [0, 0.1) is 11.3 Å². The van der Waals surface area contributed by atoms with Crippen LogP contribution >= 0.6 is 0 Å². The van der Waals surface area contributed by atoms with Crippen molar-refractivity contribution in [3.63, 3.8) is 0 Å². The van der Waals surface area contributed by atoms with E-state index >= 15 is 0 Å². The number of halogens is 1. The van der Waals surface area contributed by atoms with E-state index in [1.165, 1.54) is 0 Å². The maximum atomic E-state index is 13.5. The molecule has 1 N–H and O–H groups in total. The zero-order valence-corrected chi connectivity index (χ0v) is 9.08. The molecule has 0 saturated heterocycles. The number of hydrogen-bond acceptors (Lipinski definition) is 3. The van der Waals surface area contributed by atoms with Gasteiger partial charge in [-0.05, 0) is 25.0 Å². The Hall–Kier alpha value is -1.34. The van der Waals surface area contributed by atoms with Crippen LogP contribution in [0.5, 0.6) is 0 Å². The van der Waals surface area contributed by atoms with E-state index in [0.29, 0.717) is 24.5 Å². The first-order chi connectivity index (χ1) is 7.79. The summed E-state index contributed by atoms with van der Waals surface area (Å²) in [5.74, 6) is 0.992. The van der Waals surface area contributed by atoms with Crippen molar-refractivity contribution in [2.45, 2.75) is 44.4 Å². The molecule has 1 fully saturated rings. The van der Waals surface area contributed by atoms with Gasteiger partial charge in [-0.3, -0.25) is 0 Å². The Bertz CT molecular complexity index is 383. The van der Waals surface area contributed by atoms with Gasteiger partial charge in [0.1, 0.15) is 18.0 Å². The minimum atomic E-state index is -0.751. The molecule has 86 valence electrons. The molecule has 0 spiro atoms. The number of rotatable bonds is 3. The van der Waals surface area contributed by atoms with Crippen molar-refractivity contribution in [2.24, 2.45) is 0 Å². The van der Waals surface area contributed by atoms with Gasteiger partial charge >= 0.3 is 0 Å². The normalized spacial score (nSPS) is 25.2. The summed E-state index contributed by atoms with van der Waals surface area (Å²) in [5, 5.41) is 11.7. The second-order valence-electron chi connectivity index (χ2n) is 4.17. The Morgan fingerprint density at radius 3 is 2.94 bits per heavy atom. The van der Waals surface area contributed by atoms with Crippen LogP contribution in [0.25, 0.3) is 0 Å². The summed E-state index contributed by atoms with van der Waals surface area (Å²) in [6.45, 7) is 0.493. The van der Waals surface area contributed by atoms with Crippen LogP contribution in [-0.2, 0) is 6.54 Å². The lowest BCUT2D eigenvalue weighted by atomic mass is 9.93. The Morgan fingerprint density at radius 2 is 2.25 bits per heavy atom. The van der Waals surface area contributed by atoms with Gasteiger partial charge in [0.25, 0.3) is 0 Å². The fraction of sp³-hybridized carbons (Fsp3) is 0.583. The van der Waals surface area contributed by atoms with E-state index < -0.39 is 6.17 Å². The van der Waals surface area contributed by atoms with Gasteiger partial charge in [-0.1, -0.05) is 12.8 Å². The highest BCUT2D eigenvalue weighted by molar-refractivity contribution is 5.19. The average Bonchev–Trinajstić information content (AvgIpc) is 2.76. The summed E-state index contributed by atoms with van der Waals surface area (Å²) in [4.78, 5) is 0. The van der Waals surface area contributed by atoms with Crippen molar-refractivity contribution in [2.75, 3.05) is 0 Å². The van der Waals surface area contributed by atoms with Crippen LogP contribution in [0.2, 0.25) is 0 Å². The van der Waals surface area contributed by atoms with E-state index in [1.807, 2.05) is 6.07 Å². The zero-order chi connectivity index (χ0) is 11.4. The maximum absolute atomic E-state index is 13.5. The van der Waals surface area contributed by atoms with Crippen LogP contribution in [0.15, 0.2) is 16.5 Å². The van der Waals surface area contributed by atoms with Crippen LogP contribution in [-0.4, -0.2) is 12.2 Å². The van der Waals surface area contributed by atoms with E-state index in [9.17, 15) is 4.39 Å². The number of furan rings is 1. The predicted octanol–water partition coefficient (Wildman–Crippen LogP) is 2.52. The fourth-order valence-electron chi connectivity index (χ4n) is 2.08. The first kappa shape index (κ1) is 11.2. The van der Waals surface area contributed by atoms with Gasteiger partial charge in [0, 0.05) is 6.04 Å². The molecular weight excluding hydrogens is 207 g/mol. The lowest BCUT2D eigenvalue weighted by molar-refractivity contribution is 0.186.